The second kappa shape index (κ2) is 7.61. The maximum atomic E-state index is 13.0. The SMILES string of the molecule is O=CN1CCN(CC(=O)N2CCN(c3ccc(F)cc3)CC2)CC1. The minimum Gasteiger partial charge on any atom is -0.368 e. The van der Waals surface area contributed by atoms with Gasteiger partial charge in [0.2, 0.25) is 12.3 Å². The number of anilines is 1. The highest BCUT2D eigenvalue weighted by Gasteiger charge is 2.24. The van der Waals surface area contributed by atoms with Crippen LogP contribution in [-0.4, -0.2) is 85.9 Å². The first kappa shape index (κ1) is 16.7. The topological polar surface area (TPSA) is 47.1 Å². The molecule has 0 bridgehead atoms. The summed E-state index contributed by atoms with van der Waals surface area (Å²) in [5, 5.41) is 0. The van der Waals surface area contributed by atoms with Crippen LogP contribution in [0.5, 0.6) is 0 Å². The molecule has 2 saturated heterocycles. The van der Waals surface area contributed by atoms with E-state index in [4.69, 9.17) is 0 Å². The Balaban J connectivity index is 1.45. The van der Waals surface area contributed by atoms with E-state index in [0.29, 0.717) is 32.7 Å². The molecule has 0 N–H and O–H groups in total. The molecule has 0 unspecified atom stereocenters. The van der Waals surface area contributed by atoms with Crippen LogP contribution in [0.4, 0.5) is 10.1 Å². The third-order valence-corrected chi connectivity index (χ3v) is 4.74. The minimum absolute atomic E-state index is 0.147. The second-order valence-electron chi connectivity index (χ2n) is 6.26. The summed E-state index contributed by atoms with van der Waals surface area (Å²) in [6, 6.07) is 6.48. The zero-order chi connectivity index (χ0) is 16.9. The van der Waals surface area contributed by atoms with Gasteiger partial charge < -0.3 is 14.7 Å². The minimum atomic E-state index is -0.234. The third-order valence-electron chi connectivity index (χ3n) is 4.74. The lowest BCUT2D eigenvalue weighted by Crippen LogP contribution is -2.53. The number of hydrogen-bond donors (Lipinski definition) is 0. The summed E-state index contributed by atoms with van der Waals surface area (Å²) in [7, 11) is 0. The van der Waals surface area contributed by atoms with Crippen LogP contribution in [0.1, 0.15) is 0 Å². The summed E-state index contributed by atoms with van der Waals surface area (Å²) in [6.07, 6.45) is 0.869. The number of nitrogens with zero attached hydrogens (tertiary/aromatic N) is 4. The third kappa shape index (κ3) is 4.03. The van der Waals surface area contributed by atoms with E-state index >= 15 is 0 Å². The zero-order valence-corrected chi connectivity index (χ0v) is 13.7. The van der Waals surface area contributed by atoms with Crippen molar-refractivity contribution in [2.24, 2.45) is 0 Å². The van der Waals surface area contributed by atoms with Crippen LogP contribution < -0.4 is 4.90 Å². The number of benzene rings is 1. The molecule has 1 aromatic rings. The fraction of sp³-hybridized carbons (Fsp3) is 0.529. The summed E-state index contributed by atoms with van der Waals surface area (Å²) in [5.41, 5.74) is 0.994. The van der Waals surface area contributed by atoms with Crippen LogP contribution in [0.15, 0.2) is 24.3 Å². The largest absolute Gasteiger partial charge is 0.368 e. The average Bonchev–Trinajstić information content (AvgIpc) is 2.63. The molecular weight excluding hydrogens is 311 g/mol. The monoisotopic (exact) mass is 334 g/mol. The predicted octanol–water partition coefficient (Wildman–Crippen LogP) is 0.248. The van der Waals surface area contributed by atoms with Crippen LogP contribution in [-0.2, 0) is 9.59 Å². The Kier molecular flexibility index (Phi) is 5.30. The summed E-state index contributed by atoms with van der Waals surface area (Å²) in [6.45, 7) is 6.19. The van der Waals surface area contributed by atoms with Crippen molar-refractivity contribution in [2.75, 3.05) is 63.8 Å². The smallest absolute Gasteiger partial charge is 0.236 e. The van der Waals surface area contributed by atoms with Crippen molar-refractivity contribution in [3.8, 4) is 0 Å². The zero-order valence-electron chi connectivity index (χ0n) is 13.7. The van der Waals surface area contributed by atoms with Crippen molar-refractivity contribution in [2.45, 2.75) is 0 Å². The molecule has 0 spiro atoms. The van der Waals surface area contributed by atoms with Gasteiger partial charge in [-0.15, -0.1) is 0 Å². The summed E-state index contributed by atoms with van der Waals surface area (Å²) in [4.78, 5) is 31.1. The average molecular weight is 334 g/mol. The molecule has 0 saturated carbocycles. The lowest BCUT2D eigenvalue weighted by molar-refractivity contribution is -0.133. The molecule has 0 aliphatic carbocycles. The molecule has 2 aliphatic heterocycles. The highest BCUT2D eigenvalue weighted by Crippen LogP contribution is 2.17. The van der Waals surface area contributed by atoms with E-state index < -0.39 is 0 Å². The molecule has 2 amide bonds. The second-order valence-corrected chi connectivity index (χ2v) is 6.26. The van der Waals surface area contributed by atoms with E-state index in [0.717, 1.165) is 38.3 Å². The van der Waals surface area contributed by atoms with Crippen molar-refractivity contribution in [1.29, 1.82) is 0 Å². The Morgan fingerprint density at radius 1 is 0.958 bits per heavy atom. The lowest BCUT2D eigenvalue weighted by atomic mass is 10.2. The first-order valence-electron chi connectivity index (χ1n) is 8.36. The molecule has 24 heavy (non-hydrogen) atoms. The molecule has 0 atom stereocenters. The van der Waals surface area contributed by atoms with Crippen molar-refractivity contribution >= 4 is 18.0 Å². The Hall–Kier alpha value is -2.15. The van der Waals surface area contributed by atoms with Gasteiger partial charge in [-0.3, -0.25) is 14.5 Å². The number of carbonyl (C=O) groups is 2. The van der Waals surface area contributed by atoms with Crippen LogP contribution >= 0.6 is 0 Å². The Morgan fingerprint density at radius 2 is 1.58 bits per heavy atom. The highest BCUT2D eigenvalue weighted by atomic mass is 19.1. The van der Waals surface area contributed by atoms with Gasteiger partial charge in [0, 0.05) is 58.0 Å². The van der Waals surface area contributed by atoms with Gasteiger partial charge in [-0.05, 0) is 24.3 Å². The maximum absolute atomic E-state index is 13.0. The Bertz CT molecular complexity index is 564. The molecule has 3 rings (SSSR count). The van der Waals surface area contributed by atoms with E-state index in [-0.39, 0.29) is 11.7 Å². The fourth-order valence-corrected chi connectivity index (χ4v) is 3.18. The van der Waals surface area contributed by atoms with E-state index in [1.807, 2.05) is 4.90 Å². The van der Waals surface area contributed by atoms with Crippen molar-refractivity contribution in [1.82, 2.24) is 14.7 Å². The number of piperazine rings is 2. The van der Waals surface area contributed by atoms with Gasteiger partial charge in [0.1, 0.15) is 5.82 Å². The Labute approximate surface area is 141 Å². The fourth-order valence-electron chi connectivity index (χ4n) is 3.18. The van der Waals surface area contributed by atoms with Gasteiger partial charge in [0.25, 0.3) is 0 Å². The van der Waals surface area contributed by atoms with Crippen molar-refractivity contribution in [3.05, 3.63) is 30.1 Å². The lowest BCUT2D eigenvalue weighted by Gasteiger charge is -2.38. The molecule has 0 aromatic heterocycles. The van der Waals surface area contributed by atoms with Crippen LogP contribution in [0.2, 0.25) is 0 Å². The molecule has 2 aliphatic rings. The summed E-state index contributed by atoms with van der Waals surface area (Å²) in [5.74, 6) is -0.0875. The van der Waals surface area contributed by atoms with Crippen molar-refractivity contribution in [3.63, 3.8) is 0 Å². The van der Waals surface area contributed by atoms with E-state index in [1.165, 1.54) is 12.1 Å². The van der Waals surface area contributed by atoms with Crippen molar-refractivity contribution < 1.29 is 14.0 Å². The molecule has 2 fully saturated rings. The first-order valence-corrected chi connectivity index (χ1v) is 8.36. The van der Waals surface area contributed by atoms with Gasteiger partial charge in [0.05, 0.1) is 6.54 Å². The normalized spacial score (nSPS) is 19.5. The van der Waals surface area contributed by atoms with Gasteiger partial charge in [-0.1, -0.05) is 0 Å². The molecule has 6 nitrogen and oxygen atoms in total. The quantitative estimate of drug-likeness (QED) is 0.741. The van der Waals surface area contributed by atoms with Crippen LogP contribution in [0.3, 0.4) is 0 Å². The maximum Gasteiger partial charge on any atom is 0.236 e. The molecule has 2 heterocycles. The van der Waals surface area contributed by atoms with Gasteiger partial charge >= 0.3 is 0 Å². The summed E-state index contributed by atoms with van der Waals surface area (Å²) >= 11 is 0. The summed E-state index contributed by atoms with van der Waals surface area (Å²) < 4.78 is 13.0. The molecule has 130 valence electrons. The van der Waals surface area contributed by atoms with Crippen LogP contribution in [0.25, 0.3) is 0 Å². The van der Waals surface area contributed by atoms with Gasteiger partial charge in [0.15, 0.2) is 0 Å². The first-order chi connectivity index (χ1) is 11.7. The van der Waals surface area contributed by atoms with E-state index in [9.17, 15) is 14.0 Å². The number of rotatable bonds is 4. The number of halogens is 1. The number of amides is 2. The molecule has 7 heteroatoms. The number of hydrogen-bond acceptors (Lipinski definition) is 4. The standard InChI is InChI=1S/C17H23FN4O2/c18-15-1-3-16(4-2-15)21-9-11-22(12-10-21)17(24)13-19-5-7-20(14-23)8-6-19/h1-4,14H,5-13H2. The molecular formula is C17H23FN4O2. The van der Waals surface area contributed by atoms with Gasteiger partial charge in [-0.25, -0.2) is 4.39 Å². The van der Waals surface area contributed by atoms with Crippen LogP contribution in [0, 0.1) is 5.82 Å². The van der Waals surface area contributed by atoms with Gasteiger partial charge in [-0.2, -0.15) is 0 Å². The molecule has 0 radical (unpaired) electrons. The van der Waals surface area contributed by atoms with E-state index in [1.54, 1.807) is 17.0 Å². The predicted molar refractivity (Wildman–Crippen MR) is 89.3 cm³/mol. The molecule has 1 aromatic carbocycles. The van der Waals surface area contributed by atoms with E-state index in [2.05, 4.69) is 9.80 Å². The number of carbonyl (C=O) groups excluding carboxylic acids is 2. The Morgan fingerprint density at radius 3 is 2.17 bits per heavy atom. The highest BCUT2D eigenvalue weighted by molar-refractivity contribution is 5.78.